The quantitative estimate of drug-likeness (QED) is 0.754. The zero-order valence-corrected chi connectivity index (χ0v) is 13.9. The Bertz CT molecular complexity index is 868. The lowest BCUT2D eigenvalue weighted by atomic mass is 10.2. The Morgan fingerprint density at radius 1 is 1.20 bits per heavy atom. The average Bonchev–Trinajstić information content (AvgIpc) is 2.92. The molecule has 0 bridgehead atoms. The summed E-state index contributed by atoms with van der Waals surface area (Å²) in [6.07, 6.45) is 0. The van der Waals surface area contributed by atoms with Crippen LogP contribution in [-0.2, 0) is 6.61 Å². The molecule has 3 rings (SSSR count). The molecule has 128 valence electrons. The van der Waals surface area contributed by atoms with Gasteiger partial charge in [-0.1, -0.05) is 11.2 Å². The lowest BCUT2D eigenvalue weighted by molar-refractivity contribution is 0.102. The van der Waals surface area contributed by atoms with Crippen molar-refractivity contribution < 1.29 is 18.4 Å². The molecule has 3 aromatic rings. The van der Waals surface area contributed by atoms with Gasteiger partial charge >= 0.3 is 0 Å². The topological polar surface area (TPSA) is 64.4 Å². The highest BCUT2D eigenvalue weighted by atomic mass is 19.1. The first kappa shape index (κ1) is 16.7. The second-order valence-electron chi connectivity index (χ2n) is 5.58. The number of carbonyl (C=O) groups is 1. The molecular formula is C19H17FN2O3. The van der Waals surface area contributed by atoms with E-state index in [0.717, 1.165) is 17.0 Å². The van der Waals surface area contributed by atoms with Crippen molar-refractivity contribution in [2.45, 2.75) is 20.5 Å². The van der Waals surface area contributed by atoms with Gasteiger partial charge in [-0.25, -0.2) is 4.39 Å². The van der Waals surface area contributed by atoms with E-state index in [1.54, 1.807) is 30.3 Å². The first-order valence-corrected chi connectivity index (χ1v) is 7.74. The largest absolute Gasteiger partial charge is 0.489 e. The molecule has 0 radical (unpaired) electrons. The Kier molecular flexibility index (Phi) is 4.79. The van der Waals surface area contributed by atoms with E-state index in [2.05, 4.69) is 10.5 Å². The summed E-state index contributed by atoms with van der Waals surface area (Å²) in [6, 6.07) is 12.5. The predicted molar refractivity (Wildman–Crippen MR) is 91.1 cm³/mol. The molecule has 25 heavy (non-hydrogen) atoms. The van der Waals surface area contributed by atoms with Crippen LogP contribution in [0.2, 0.25) is 0 Å². The number of hydrogen-bond acceptors (Lipinski definition) is 4. The van der Waals surface area contributed by atoms with Gasteiger partial charge in [0.05, 0.1) is 11.3 Å². The summed E-state index contributed by atoms with van der Waals surface area (Å²) in [5.41, 5.74) is 2.56. The van der Waals surface area contributed by atoms with Crippen molar-refractivity contribution in [2.75, 3.05) is 5.32 Å². The monoisotopic (exact) mass is 340 g/mol. The lowest BCUT2D eigenvalue weighted by Crippen LogP contribution is -2.11. The molecular weight excluding hydrogens is 323 g/mol. The molecule has 5 nitrogen and oxygen atoms in total. The van der Waals surface area contributed by atoms with Crippen molar-refractivity contribution in [2.24, 2.45) is 0 Å². The summed E-state index contributed by atoms with van der Waals surface area (Å²) >= 11 is 0. The SMILES string of the molecule is Cc1noc(C)c1COc1ccc(C(=O)Nc2cccc(F)c2)cc1. The summed E-state index contributed by atoms with van der Waals surface area (Å²) in [5.74, 6) is 0.634. The van der Waals surface area contributed by atoms with E-state index in [9.17, 15) is 9.18 Å². The maximum atomic E-state index is 13.2. The zero-order chi connectivity index (χ0) is 17.8. The molecule has 0 saturated carbocycles. The minimum absolute atomic E-state index is 0.317. The van der Waals surface area contributed by atoms with Gasteiger partial charge in [-0.3, -0.25) is 4.79 Å². The van der Waals surface area contributed by atoms with Crippen molar-refractivity contribution in [3.8, 4) is 5.75 Å². The van der Waals surface area contributed by atoms with Crippen molar-refractivity contribution in [1.82, 2.24) is 5.16 Å². The molecule has 0 aliphatic heterocycles. The van der Waals surface area contributed by atoms with E-state index >= 15 is 0 Å². The van der Waals surface area contributed by atoms with Crippen LogP contribution in [0.15, 0.2) is 53.1 Å². The number of rotatable bonds is 5. The molecule has 1 amide bonds. The van der Waals surface area contributed by atoms with E-state index in [1.807, 2.05) is 13.8 Å². The number of nitrogens with zero attached hydrogens (tertiary/aromatic N) is 1. The van der Waals surface area contributed by atoms with Crippen LogP contribution >= 0.6 is 0 Å². The first-order chi connectivity index (χ1) is 12.0. The number of nitrogens with one attached hydrogen (secondary N) is 1. The number of benzene rings is 2. The number of ether oxygens (including phenoxy) is 1. The highest BCUT2D eigenvalue weighted by molar-refractivity contribution is 6.04. The number of amides is 1. The van der Waals surface area contributed by atoms with Crippen LogP contribution in [0.3, 0.4) is 0 Å². The molecule has 0 atom stereocenters. The third-order valence-electron chi connectivity index (χ3n) is 3.76. The summed E-state index contributed by atoms with van der Waals surface area (Å²) in [6.45, 7) is 4.03. The van der Waals surface area contributed by atoms with Gasteiger partial charge in [0.1, 0.15) is 23.9 Å². The highest BCUT2D eigenvalue weighted by Gasteiger charge is 2.10. The van der Waals surface area contributed by atoms with Crippen LogP contribution in [0.4, 0.5) is 10.1 Å². The van der Waals surface area contributed by atoms with Gasteiger partial charge in [0.15, 0.2) is 0 Å². The lowest BCUT2D eigenvalue weighted by Gasteiger charge is -2.08. The third-order valence-corrected chi connectivity index (χ3v) is 3.76. The number of hydrogen-bond donors (Lipinski definition) is 1. The minimum atomic E-state index is -0.402. The number of aromatic nitrogens is 1. The maximum Gasteiger partial charge on any atom is 0.255 e. The third kappa shape index (κ3) is 4.03. The van der Waals surface area contributed by atoms with Gasteiger partial charge in [0.25, 0.3) is 5.91 Å². The van der Waals surface area contributed by atoms with Gasteiger partial charge in [-0.05, 0) is 56.3 Å². The normalized spacial score (nSPS) is 10.5. The molecule has 1 N–H and O–H groups in total. The van der Waals surface area contributed by atoms with E-state index in [0.29, 0.717) is 23.6 Å². The molecule has 2 aromatic carbocycles. The second kappa shape index (κ2) is 7.17. The molecule has 0 saturated heterocycles. The Balaban J connectivity index is 1.62. The maximum absolute atomic E-state index is 13.2. The van der Waals surface area contributed by atoms with E-state index in [-0.39, 0.29) is 5.91 Å². The molecule has 0 aliphatic rings. The second-order valence-corrected chi connectivity index (χ2v) is 5.58. The van der Waals surface area contributed by atoms with Crippen LogP contribution in [0.5, 0.6) is 5.75 Å². The number of halogens is 1. The van der Waals surface area contributed by atoms with Gasteiger partial charge in [-0.15, -0.1) is 0 Å². The van der Waals surface area contributed by atoms with Crippen LogP contribution in [0.25, 0.3) is 0 Å². The fraction of sp³-hybridized carbons (Fsp3) is 0.158. The predicted octanol–water partition coefficient (Wildman–Crippen LogP) is 4.26. The number of anilines is 1. The Hall–Kier alpha value is -3.15. The number of carbonyl (C=O) groups excluding carboxylic acids is 1. The average molecular weight is 340 g/mol. The summed E-state index contributed by atoms with van der Waals surface area (Å²) in [7, 11) is 0. The van der Waals surface area contributed by atoms with Crippen LogP contribution in [-0.4, -0.2) is 11.1 Å². The molecule has 0 fully saturated rings. The highest BCUT2D eigenvalue weighted by Crippen LogP contribution is 2.18. The fourth-order valence-corrected chi connectivity index (χ4v) is 2.34. The summed E-state index contributed by atoms with van der Waals surface area (Å²) < 4.78 is 23.9. The van der Waals surface area contributed by atoms with Gasteiger partial charge < -0.3 is 14.6 Å². The van der Waals surface area contributed by atoms with E-state index in [1.165, 1.54) is 18.2 Å². The van der Waals surface area contributed by atoms with E-state index < -0.39 is 5.82 Å². The molecule has 0 unspecified atom stereocenters. The number of aryl methyl sites for hydroxylation is 2. The van der Waals surface area contributed by atoms with Crippen LogP contribution < -0.4 is 10.1 Å². The van der Waals surface area contributed by atoms with Crippen molar-refractivity contribution in [3.63, 3.8) is 0 Å². The van der Waals surface area contributed by atoms with E-state index in [4.69, 9.17) is 9.26 Å². The minimum Gasteiger partial charge on any atom is -0.489 e. The summed E-state index contributed by atoms with van der Waals surface area (Å²) in [4.78, 5) is 12.2. The van der Waals surface area contributed by atoms with Gasteiger partial charge in [0.2, 0.25) is 0 Å². The molecule has 0 aliphatic carbocycles. The zero-order valence-electron chi connectivity index (χ0n) is 13.9. The molecule has 0 spiro atoms. The molecule has 1 heterocycles. The van der Waals surface area contributed by atoms with Crippen molar-refractivity contribution in [1.29, 1.82) is 0 Å². The van der Waals surface area contributed by atoms with Gasteiger partial charge in [-0.2, -0.15) is 0 Å². The van der Waals surface area contributed by atoms with Gasteiger partial charge in [0, 0.05) is 11.3 Å². The summed E-state index contributed by atoms with van der Waals surface area (Å²) in [5, 5.41) is 6.52. The standard InChI is InChI=1S/C19H17FN2O3/c1-12-18(13(2)25-22-12)11-24-17-8-6-14(7-9-17)19(23)21-16-5-3-4-15(20)10-16/h3-10H,11H2,1-2H3,(H,21,23). The first-order valence-electron chi connectivity index (χ1n) is 7.74. The van der Waals surface area contributed by atoms with Crippen LogP contribution in [0, 0.1) is 19.7 Å². The Labute approximate surface area is 144 Å². The molecule has 6 heteroatoms. The Morgan fingerprint density at radius 2 is 1.96 bits per heavy atom. The van der Waals surface area contributed by atoms with Crippen molar-refractivity contribution >= 4 is 11.6 Å². The van der Waals surface area contributed by atoms with Crippen LogP contribution in [0.1, 0.15) is 27.4 Å². The fourth-order valence-electron chi connectivity index (χ4n) is 2.34. The molecule has 1 aromatic heterocycles. The van der Waals surface area contributed by atoms with Crippen molar-refractivity contribution in [3.05, 3.63) is 76.9 Å². The Morgan fingerprint density at radius 3 is 2.60 bits per heavy atom. The smallest absolute Gasteiger partial charge is 0.255 e.